The Balaban J connectivity index is 0.00000243. The summed E-state index contributed by atoms with van der Waals surface area (Å²) >= 11 is 0. The second-order valence-corrected chi connectivity index (χ2v) is 9.32. The fourth-order valence-corrected chi connectivity index (χ4v) is 5.49. The van der Waals surface area contributed by atoms with Gasteiger partial charge in [0.2, 0.25) is 15.9 Å². The Morgan fingerprint density at radius 2 is 1.46 bits per heavy atom. The van der Waals surface area contributed by atoms with Gasteiger partial charge in [-0.05, 0) is 62.8 Å². The smallest absolute Gasteiger partial charge is 0.243 e. The van der Waals surface area contributed by atoms with Gasteiger partial charge in [-0.1, -0.05) is 6.07 Å². The van der Waals surface area contributed by atoms with Gasteiger partial charge in [-0.3, -0.25) is 4.79 Å². The number of benzene rings is 1. The third kappa shape index (κ3) is 3.50. The molecule has 26 heavy (non-hydrogen) atoms. The van der Waals surface area contributed by atoms with Crippen LogP contribution in [-0.2, 0) is 14.8 Å². The highest BCUT2D eigenvalue weighted by Crippen LogP contribution is 2.35. The van der Waals surface area contributed by atoms with Crippen LogP contribution in [-0.4, -0.2) is 55.2 Å². The summed E-state index contributed by atoms with van der Waals surface area (Å²) < 4.78 is 27.9. The van der Waals surface area contributed by atoms with E-state index in [1.54, 1.807) is 4.90 Å². The number of halogens is 1. The number of carbonyl (C=O) groups excluding carboxylic acids is 1. The van der Waals surface area contributed by atoms with Gasteiger partial charge in [0.25, 0.3) is 0 Å². The second-order valence-electron chi connectivity index (χ2n) is 7.44. The average molecular weight is 402 g/mol. The molecule has 0 radical (unpaired) electrons. The lowest BCUT2D eigenvalue weighted by atomic mass is 10.0. The van der Waals surface area contributed by atoms with Crippen LogP contribution in [0.5, 0.6) is 0 Å². The molecule has 1 aromatic carbocycles. The Kier molecular flexibility index (Phi) is 5.78. The van der Waals surface area contributed by atoms with E-state index in [0.29, 0.717) is 31.1 Å². The van der Waals surface area contributed by atoms with Gasteiger partial charge in [0.15, 0.2) is 0 Å². The molecule has 1 heterocycles. The van der Waals surface area contributed by atoms with Crippen LogP contribution in [0.1, 0.15) is 35.1 Å². The molecular formula is C18H28ClN3O3S. The zero-order valence-electron chi connectivity index (χ0n) is 15.8. The summed E-state index contributed by atoms with van der Waals surface area (Å²) in [5, 5.41) is 0. The first-order chi connectivity index (χ1) is 11.6. The molecule has 146 valence electrons. The Morgan fingerprint density at radius 1 is 1.00 bits per heavy atom. The number of aryl methyl sites for hydroxylation is 2. The highest BCUT2D eigenvalue weighted by atomic mass is 35.5. The molecule has 0 spiro atoms. The van der Waals surface area contributed by atoms with E-state index < -0.39 is 15.6 Å². The van der Waals surface area contributed by atoms with E-state index in [1.807, 2.05) is 33.8 Å². The van der Waals surface area contributed by atoms with Crippen molar-refractivity contribution in [2.24, 2.45) is 5.73 Å². The highest BCUT2D eigenvalue weighted by Gasteiger charge is 2.48. The molecule has 2 aliphatic rings. The van der Waals surface area contributed by atoms with Crippen molar-refractivity contribution in [1.82, 2.24) is 9.21 Å². The van der Waals surface area contributed by atoms with Crippen molar-refractivity contribution >= 4 is 28.3 Å². The van der Waals surface area contributed by atoms with Gasteiger partial charge in [0.05, 0.1) is 10.4 Å². The summed E-state index contributed by atoms with van der Waals surface area (Å²) in [4.78, 5) is 14.5. The minimum absolute atomic E-state index is 0. The molecule has 8 heteroatoms. The largest absolute Gasteiger partial charge is 0.338 e. The van der Waals surface area contributed by atoms with E-state index in [4.69, 9.17) is 5.73 Å². The maximum atomic E-state index is 13.2. The van der Waals surface area contributed by atoms with Crippen molar-refractivity contribution in [2.45, 2.75) is 51.0 Å². The molecule has 1 saturated carbocycles. The molecule has 0 unspecified atom stereocenters. The monoisotopic (exact) mass is 401 g/mol. The SMILES string of the molecule is Cc1cc(C)c(C)c(S(=O)(=O)N2CCN(C(=O)C3(N)CC3)CC2)c1C.Cl. The highest BCUT2D eigenvalue weighted by molar-refractivity contribution is 7.89. The summed E-state index contributed by atoms with van der Waals surface area (Å²) in [6, 6.07) is 2.02. The fraction of sp³-hybridized carbons (Fsp3) is 0.611. The van der Waals surface area contributed by atoms with Gasteiger partial charge >= 0.3 is 0 Å². The predicted octanol–water partition coefficient (Wildman–Crippen LogP) is 1.67. The van der Waals surface area contributed by atoms with Crippen LogP contribution in [0.2, 0.25) is 0 Å². The quantitative estimate of drug-likeness (QED) is 0.834. The van der Waals surface area contributed by atoms with E-state index in [9.17, 15) is 13.2 Å². The molecule has 6 nitrogen and oxygen atoms in total. The summed E-state index contributed by atoms with van der Waals surface area (Å²) in [5.74, 6) is -0.0386. The third-order valence-electron chi connectivity index (χ3n) is 5.64. The van der Waals surface area contributed by atoms with Crippen molar-refractivity contribution in [1.29, 1.82) is 0 Å². The number of carbonyl (C=O) groups is 1. The van der Waals surface area contributed by atoms with E-state index in [1.165, 1.54) is 4.31 Å². The molecule has 1 aliphatic heterocycles. The van der Waals surface area contributed by atoms with Crippen molar-refractivity contribution in [2.75, 3.05) is 26.2 Å². The Hall–Kier alpha value is -1.15. The third-order valence-corrected chi connectivity index (χ3v) is 7.81. The minimum atomic E-state index is -3.57. The standard InChI is InChI=1S/C18H27N3O3S.ClH/c1-12-11-13(2)15(4)16(14(12)3)25(23,24)21-9-7-20(8-10-21)17(22)18(19)5-6-18;/h11H,5-10,19H2,1-4H3;1H. The topological polar surface area (TPSA) is 83.7 Å². The lowest BCUT2D eigenvalue weighted by Crippen LogP contribution is -2.55. The molecule has 0 atom stereocenters. The lowest BCUT2D eigenvalue weighted by molar-refractivity contribution is -0.134. The van der Waals surface area contributed by atoms with Gasteiger partial charge in [-0.25, -0.2) is 8.42 Å². The van der Waals surface area contributed by atoms with Crippen LogP contribution in [0.25, 0.3) is 0 Å². The van der Waals surface area contributed by atoms with Crippen molar-refractivity contribution in [3.05, 3.63) is 28.3 Å². The van der Waals surface area contributed by atoms with E-state index in [-0.39, 0.29) is 18.3 Å². The minimum Gasteiger partial charge on any atom is -0.338 e. The Morgan fingerprint density at radius 3 is 1.88 bits per heavy atom. The summed E-state index contributed by atoms with van der Waals surface area (Å²) in [7, 11) is -3.57. The van der Waals surface area contributed by atoms with Crippen LogP contribution < -0.4 is 5.73 Å². The normalized spacial score (nSPS) is 19.8. The number of nitrogens with zero attached hydrogens (tertiary/aromatic N) is 2. The van der Waals surface area contributed by atoms with Crippen LogP contribution in [0.15, 0.2) is 11.0 Å². The zero-order chi connectivity index (χ0) is 18.6. The first-order valence-electron chi connectivity index (χ1n) is 8.74. The van der Waals surface area contributed by atoms with Crippen molar-refractivity contribution in [3.8, 4) is 0 Å². The molecule has 0 bridgehead atoms. The fourth-order valence-electron chi connectivity index (χ4n) is 3.49. The molecule has 1 saturated heterocycles. The van der Waals surface area contributed by atoms with Gasteiger partial charge in [0.1, 0.15) is 0 Å². The average Bonchev–Trinajstić information content (AvgIpc) is 3.31. The zero-order valence-corrected chi connectivity index (χ0v) is 17.5. The van der Waals surface area contributed by atoms with Crippen LogP contribution in [0, 0.1) is 27.7 Å². The first kappa shape index (κ1) is 21.2. The van der Waals surface area contributed by atoms with Crippen LogP contribution in [0.3, 0.4) is 0 Å². The first-order valence-corrected chi connectivity index (χ1v) is 10.2. The number of piperazine rings is 1. The molecule has 1 aliphatic carbocycles. The number of sulfonamides is 1. The van der Waals surface area contributed by atoms with Gasteiger partial charge in [-0.15, -0.1) is 12.4 Å². The summed E-state index contributed by atoms with van der Waals surface area (Å²) in [6.45, 7) is 9.03. The van der Waals surface area contributed by atoms with E-state index in [0.717, 1.165) is 35.1 Å². The van der Waals surface area contributed by atoms with Crippen LogP contribution in [0.4, 0.5) is 0 Å². The molecule has 0 aromatic heterocycles. The number of amides is 1. The number of rotatable bonds is 3. The molecule has 1 aromatic rings. The summed E-state index contributed by atoms with van der Waals surface area (Å²) in [5.41, 5.74) is 8.86. The molecule has 2 N–H and O–H groups in total. The Bertz CT molecular complexity index is 800. The van der Waals surface area contributed by atoms with E-state index >= 15 is 0 Å². The van der Waals surface area contributed by atoms with Crippen LogP contribution >= 0.6 is 12.4 Å². The predicted molar refractivity (Wildman–Crippen MR) is 104 cm³/mol. The second kappa shape index (κ2) is 7.11. The van der Waals surface area contributed by atoms with Gasteiger partial charge < -0.3 is 10.6 Å². The van der Waals surface area contributed by atoms with Crippen molar-refractivity contribution < 1.29 is 13.2 Å². The van der Waals surface area contributed by atoms with Gasteiger partial charge in [0, 0.05) is 26.2 Å². The molecular weight excluding hydrogens is 374 g/mol. The number of nitrogens with two attached hydrogens (primary N) is 1. The van der Waals surface area contributed by atoms with Gasteiger partial charge in [-0.2, -0.15) is 4.31 Å². The molecule has 3 rings (SSSR count). The Labute approximate surface area is 162 Å². The molecule has 2 fully saturated rings. The summed E-state index contributed by atoms with van der Waals surface area (Å²) in [6.07, 6.45) is 1.45. The maximum Gasteiger partial charge on any atom is 0.243 e. The lowest BCUT2D eigenvalue weighted by Gasteiger charge is -2.36. The van der Waals surface area contributed by atoms with E-state index in [2.05, 4.69) is 0 Å². The van der Waals surface area contributed by atoms with Crippen molar-refractivity contribution in [3.63, 3.8) is 0 Å². The number of hydrogen-bond acceptors (Lipinski definition) is 4. The molecule has 1 amide bonds. The number of hydrogen-bond donors (Lipinski definition) is 1. The maximum absolute atomic E-state index is 13.2.